The molecule has 0 saturated heterocycles. The van der Waals surface area contributed by atoms with Gasteiger partial charge in [0.05, 0.1) is 1.37 Å². The highest BCUT2D eigenvalue weighted by Crippen LogP contribution is 2.01. The van der Waals surface area contributed by atoms with Crippen LogP contribution in [-0.4, -0.2) is 17.1 Å². The van der Waals surface area contributed by atoms with Crippen molar-refractivity contribution in [2.75, 3.05) is 0 Å². The van der Waals surface area contributed by atoms with E-state index >= 15 is 0 Å². The number of hydrogen-bond acceptors (Lipinski definition) is 2. The lowest BCUT2D eigenvalue weighted by atomic mass is 10.1. The Kier molecular flexibility index (Phi) is 2.00. The smallest absolute Gasteiger partial charge is 0.320 e. The maximum absolute atomic E-state index is 10.6. The van der Waals surface area contributed by atoms with Crippen LogP contribution in [0.15, 0.2) is 30.3 Å². The maximum Gasteiger partial charge on any atom is 0.320 e. The van der Waals surface area contributed by atoms with E-state index in [2.05, 4.69) is 0 Å². The minimum Gasteiger partial charge on any atom is -0.480 e. The molecule has 0 radical (unpaired) electrons. The highest BCUT2D eigenvalue weighted by Gasteiger charge is 2.10. The van der Waals surface area contributed by atoms with Crippen molar-refractivity contribution in [1.82, 2.24) is 0 Å². The lowest BCUT2D eigenvalue weighted by Crippen LogP contribution is -2.32. The van der Waals surface area contributed by atoms with Crippen molar-refractivity contribution in [1.29, 1.82) is 0 Å². The Balaban J connectivity index is 2.96. The molecule has 0 aliphatic rings. The molecule has 0 saturated carbocycles. The van der Waals surface area contributed by atoms with Gasteiger partial charge in [0.15, 0.2) is 0 Å². The number of hydrogen-bond donors (Lipinski definition) is 2. The van der Waals surface area contributed by atoms with Crippen molar-refractivity contribution in [2.45, 2.75) is 12.4 Å². The fourth-order valence-electron chi connectivity index (χ4n) is 0.791. The van der Waals surface area contributed by atoms with E-state index in [1.165, 1.54) is 0 Å². The van der Waals surface area contributed by atoms with Crippen molar-refractivity contribution in [3.8, 4) is 0 Å². The number of aliphatic carboxylic acids is 1. The Morgan fingerprint density at radius 1 is 1.67 bits per heavy atom. The van der Waals surface area contributed by atoms with Crippen LogP contribution in [-0.2, 0) is 11.2 Å². The average Bonchev–Trinajstić information content (AvgIpc) is 2.17. The van der Waals surface area contributed by atoms with Gasteiger partial charge in [-0.05, 0) is 12.0 Å². The fraction of sp³-hybridized carbons (Fsp3) is 0.222. The largest absolute Gasteiger partial charge is 0.480 e. The first kappa shape index (κ1) is 6.20. The zero-order valence-corrected chi connectivity index (χ0v) is 6.40. The Morgan fingerprint density at radius 2 is 2.25 bits per heavy atom. The lowest BCUT2D eigenvalue weighted by molar-refractivity contribution is -0.138. The summed E-state index contributed by atoms with van der Waals surface area (Å²) in [6.45, 7) is 0. The lowest BCUT2D eigenvalue weighted by Gasteiger charge is -2.04. The third-order valence-corrected chi connectivity index (χ3v) is 1.37. The number of carbonyl (C=O) groups is 1. The van der Waals surface area contributed by atoms with Gasteiger partial charge in [0.25, 0.3) is 0 Å². The van der Waals surface area contributed by atoms with Gasteiger partial charge in [-0.25, -0.2) is 0 Å². The van der Waals surface area contributed by atoms with Gasteiger partial charge in [-0.1, -0.05) is 30.3 Å². The molecule has 0 bridgehead atoms. The van der Waals surface area contributed by atoms with E-state index in [-0.39, 0.29) is 0 Å². The van der Waals surface area contributed by atoms with Crippen LogP contribution in [0.5, 0.6) is 0 Å². The van der Waals surface area contributed by atoms with Gasteiger partial charge in [-0.2, -0.15) is 0 Å². The van der Waals surface area contributed by atoms with Crippen LogP contribution in [0.1, 0.15) is 8.30 Å². The van der Waals surface area contributed by atoms with E-state index in [1.54, 1.807) is 30.3 Å². The number of benzene rings is 1. The van der Waals surface area contributed by atoms with Gasteiger partial charge < -0.3 is 10.8 Å². The summed E-state index contributed by atoms with van der Waals surface area (Å²) in [5.41, 5.74) is 5.64. The summed E-state index contributed by atoms with van der Waals surface area (Å²) in [4.78, 5) is 10.6. The summed E-state index contributed by atoms with van der Waals surface area (Å²) in [5.74, 6) is -1.50. The van der Waals surface area contributed by atoms with E-state index in [4.69, 9.17) is 13.6 Å². The summed E-state index contributed by atoms with van der Waals surface area (Å²) in [7, 11) is 0. The number of nitrogens with two attached hydrogens (primary N) is 1. The Bertz CT molecular complexity index is 327. The van der Waals surface area contributed by atoms with E-state index in [0.29, 0.717) is 5.56 Å². The zero-order valence-electron chi connectivity index (χ0n) is 8.40. The first-order valence-electron chi connectivity index (χ1n) is 4.53. The molecular weight excluding hydrogens is 154 g/mol. The van der Waals surface area contributed by atoms with E-state index < -0.39 is 18.4 Å². The van der Waals surface area contributed by atoms with Crippen molar-refractivity contribution < 1.29 is 12.6 Å². The van der Waals surface area contributed by atoms with Gasteiger partial charge in [0.2, 0.25) is 0 Å². The van der Waals surface area contributed by atoms with Gasteiger partial charge in [-0.3, -0.25) is 4.79 Å². The molecule has 0 spiro atoms. The van der Waals surface area contributed by atoms with Crippen molar-refractivity contribution in [3.63, 3.8) is 0 Å². The minimum atomic E-state index is -2.30. The Labute approximate surface area is 73.6 Å². The molecule has 1 aromatic rings. The van der Waals surface area contributed by atoms with Crippen molar-refractivity contribution in [2.24, 2.45) is 5.73 Å². The highest BCUT2D eigenvalue weighted by atomic mass is 16.4. The molecule has 0 unspecified atom stereocenters. The van der Waals surface area contributed by atoms with E-state index in [0.717, 1.165) is 0 Å². The van der Waals surface area contributed by atoms with Crippen LogP contribution in [0.25, 0.3) is 0 Å². The van der Waals surface area contributed by atoms with Crippen molar-refractivity contribution >= 4 is 5.97 Å². The molecule has 1 aromatic carbocycles. The fourth-order valence-corrected chi connectivity index (χ4v) is 0.791. The standard InChI is InChI=1S/C9H11NO2/c10-8(9(11)12)6-7-4-2-1-3-5-7/h1-5,8H,6,10H2,(H,11,12)/t8-/m0/s1/i6D,8D/t6-,8+/m1. The normalized spacial score (nSPS) is 20.1. The highest BCUT2D eigenvalue weighted by molar-refractivity contribution is 5.73. The second-order valence-electron chi connectivity index (χ2n) is 2.32. The number of carboxylic acid groups (broad SMARTS) is 1. The second-order valence-corrected chi connectivity index (χ2v) is 2.32. The van der Waals surface area contributed by atoms with E-state index in [1.807, 2.05) is 0 Å². The predicted molar refractivity (Wildman–Crippen MR) is 45.8 cm³/mol. The first-order chi connectivity index (χ1) is 6.46. The number of carboxylic acids is 1. The summed E-state index contributed by atoms with van der Waals surface area (Å²) in [6.07, 6.45) is -1.29. The molecule has 3 N–H and O–H groups in total. The molecule has 0 aromatic heterocycles. The van der Waals surface area contributed by atoms with Crippen LogP contribution in [0.4, 0.5) is 0 Å². The Morgan fingerprint density at radius 3 is 2.75 bits per heavy atom. The first-order valence-corrected chi connectivity index (χ1v) is 3.45. The molecule has 64 valence electrons. The molecule has 1 rings (SSSR count). The van der Waals surface area contributed by atoms with Crippen LogP contribution in [0.2, 0.25) is 0 Å². The maximum atomic E-state index is 10.6. The third kappa shape index (κ3) is 2.36. The van der Waals surface area contributed by atoms with Gasteiger partial charge in [-0.15, -0.1) is 0 Å². The number of rotatable bonds is 3. The quantitative estimate of drug-likeness (QED) is 0.694. The minimum absolute atomic E-state index is 0.424. The molecule has 3 heteroatoms. The summed E-state index contributed by atoms with van der Waals surface area (Å²) < 4.78 is 14.9. The molecule has 0 aliphatic carbocycles. The molecule has 0 aliphatic heterocycles. The van der Waals surface area contributed by atoms with Gasteiger partial charge >= 0.3 is 5.97 Å². The molecular formula is C9H11NO2. The summed E-state index contributed by atoms with van der Waals surface area (Å²) >= 11 is 0. The molecule has 3 nitrogen and oxygen atoms in total. The zero-order chi connectivity index (χ0) is 10.8. The van der Waals surface area contributed by atoms with Crippen LogP contribution in [0, 0.1) is 0 Å². The van der Waals surface area contributed by atoms with E-state index in [9.17, 15) is 4.79 Å². The third-order valence-electron chi connectivity index (χ3n) is 1.37. The Hall–Kier alpha value is -1.35. The van der Waals surface area contributed by atoms with Gasteiger partial charge in [0.1, 0.15) is 6.02 Å². The van der Waals surface area contributed by atoms with Crippen molar-refractivity contribution in [3.05, 3.63) is 35.9 Å². The summed E-state index contributed by atoms with van der Waals surface area (Å²) in [5, 5.41) is 8.64. The molecule has 0 amide bonds. The SMILES string of the molecule is [2H][C@H](c1ccccc1)[C@]([2H])(N)C(=O)O. The molecule has 0 heterocycles. The molecule has 12 heavy (non-hydrogen) atoms. The predicted octanol–water partition coefficient (Wildman–Crippen LogP) is 0.641. The van der Waals surface area contributed by atoms with Gasteiger partial charge in [0, 0.05) is 1.37 Å². The monoisotopic (exact) mass is 167 g/mol. The topological polar surface area (TPSA) is 63.3 Å². The van der Waals surface area contributed by atoms with Crippen LogP contribution in [0.3, 0.4) is 0 Å². The molecule has 0 fully saturated rings. The van der Waals surface area contributed by atoms with Crippen LogP contribution >= 0.6 is 0 Å². The molecule has 2 atom stereocenters. The average molecular weight is 167 g/mol. The summed E-state index contributed by atoms with van der Waals surface area (Å²) in [6, 6.07) is 5.96. The van der Waals surface area contributed by atoms with Crippen LogP contribution < -0.4 is 5.73 Å². The second kappa shape index (κ2) is 3.88.